The van der Waals surface area contributed by atoms with Crippen molar-refractivity contribution in [1.29, 1.82) is 0 Å². The van der Waals surface area contributed by atoms with Crippen molar-refractivity contribution >= 4 is 0 Å². The summed E-state index contributed by atoms with van der Waals surface area (Å²) in [6, 6.07) is 0. The Labute approximate surface area is 55.5 Å². The van der Waals surface area contributed by atoms with Crippen LogP contribution in [0.5, 0.6) is 0 Å². The molecule has 1 rings (SSSR count). The molecule has 0 saturated carbocycles. The molecule has 1 atom stereocenters. The van der Waals surface area contributed by atoms with Gasteiger partial charge < -0.3 is 15.7 Å². The van der Waals surface area contributed by atoms with Crippen LogP contribution in [-0.4, -0.2) is 42.3 Å². The van der Waals surface area contributed by atoms with Crippen molar-refractivity contribution in [3.05, 3.63) is 0 Å². The highest BCUT2D eigenvalue weighted by molar-refractivity contribution is 4.72. The molecule has 0 aliphatic carbocycles. The molecule has 1 heterocycles. The predicted octanol–water partition coefficient (Wildman–Crippen LogP) is -0.988. The molecule has 54 valence electrons. The highest BCUT2D eigenvalue weighted by Gasteiger charge is 2.15. The van der Waals surface area contributed by atoms with Gasteiger partial charge in [0.1, 0.15) is 0 Å². The summed E-state index contributed by atoms with van der Waals surface area (Å²) in [5, 5.41) is 9.03. The maximum absolute atomic E-state index is 9.03. The molecule has 9 heavy (non-hydrogen) atoms. The standard InChI is InChI=1S/C6H14N2O/c7-4-6(9)5-8-2-1-3-8/h6,9H,1-5,7H2. The van der Waals surface area contributed by atoms with Crippen LogP contribution in [0.1, 0.15) is 6.42 Å². The Bertz CT molecular complexity index is 80.4. The van der Waals surface area contributed by atoms with E-state index in [9.17, 15) is 0 Å². The molecule has 0 radical (unpaired) electrons. The number of nitrogens with two attached hydrogens (primary N) is 1. The molecule has 1 aliphatic heterocycles. The Hall–Kier alpha value is -0.120. The zero-order valence-electron chi connectivity index (χ0n) is 5.58. The van der Waals surface area contributed by atoms with E-state index < -0.39 is 0 Å². The first-order valence-corrected chi connectivity index (χ1v) is 3.43. The molecule has 1 unspecified atom stereocenters. The highest BCUT2D eigenvalue weighted by Crippen LogP contribution is 2.04. The lowest BCUT2D eigenvalue weighted by Gasteiger charge is -2.32. The first-order chi connectivity index (χ1) is 4.33. The summed E-state index contributed by atoms with van der Waals surface area (Å²) in [5.74, 6) is 0. The van der Waals surface area contributed by atoms with Gasteiger partial charge in [0.2, 0.25) is 0 Å². The number of aliphatic hydroxyl groups is 1. The molecule has 0 bridgehead atoms. The van der Waals surface area contributed by atoms with Gasteiger partial charge >= 0.3 is 0 Å². The van der Waals surface area contributed by atoms with Crippen molar-refractivity contribution in [2.75, 3.05) is 26.2 Å². The maximum Gasteiger partial charge on any atom is 0.0789 e. The van der Waals surface area contributed by atoms with E-state index >= 15 is 0 Å². The number of hydrogen-bond acceptors (Lipinski definition) is 3. The molecule has 0 aromatic heterocycles. The van der Waals surface area contributed by atoms with E-state index in [0.29, 0.717) is 6.54 Å². The molecular weight excluding hydrogens is 116 g/mol. The second-order valence-corrected chi connectivity index (χ2v) is 2.54. The minimum absolute atomic E-state index is 0.315. The monoisotopic (exact) mass is 130 g/mol. The van der Waals surface area contributed by atoms with Gasteiger partial charge in [-0.05, 0) is 19.5 Å². The van der Waals surface area contributed by atoms with E-state index in [4.69, 9.17) is 10.8 Å². The summed E-state index contributed by atoms with van der Waals surface area (Å²) in [7, 11) is 0. The molecule has 0 amide bonds. The number of hydrogen-bond donors (Lipinski definition) is 2. The van der Waals surface area contributed by atoms with Gasteiger partial charge in [-0.25, -0.2) is 0 Å². The average Bonchev–Trinajstić information content (AvgIpc) is 1.78. The fourth-order valence-corrected chi connectivity index (χ4v) is 0.937. The molecule has 3 nitrogen and oxygen atoms in total. The van der Waals surface area contributed by atoms with Gasteiger partial charge in [0.25, 0.3) is 0 Å². The molecular formula is C6H14N2O. The van der Waals surface area contributed by atoms with Crippen molar-refractivity contribution in [1.82, 2.24) is 4.90 Å². The van der Waals surface area contributed by atoms with Crippen LogP contribution in [0.25, 0.3) is 0 Å². The van der Waals surface area contributed by atoms with E-state index in [1.54, 1.807) is 0 Å². The molecule has 3 N–H and O–H groups in total. The second kappa shape index (κ2) is 3.15. The summed E-state index contributed by atoms with van der Waals surface area (Å²) < 4.78 is 0. The third-order valence-corrected chi connectivity index (χ3v) is 1.69. The molecule has 0 aromatic rings. The lowest BCUT2D eigenvalue weighted by atomic mass is 10.2. The molecule has 0 spiro atoms. The number of likely N-dealkylation sites (tertiary alicyclic amines) is 1. The van der Waals surface area contributed by atoms with Crippen LogP contribution < -0.4 is 5.73 Å². The average molecular weight is 130 g/mol. The molecule has 1 fully saturated rings. The van der Waals surface area contributed by atoms with Crippen LogP contribution in [0.2, 0.25) is 0 Å². The zero-order valence-corrected chi connectivity index (χ0v) is 5.58. The zero-order chi connectivity index (χ0) is 6.69. The molecule has 1 aliphatic rings. The van der Waals surface area contributed by atoms with Crippen LogP contribution in [-0.2, 0) is 0 Å². The lowest BCUT2D eigenvalue weighted by Crippen LogP contribution is -2.44. The Kier molecular flexibility index (Phi) is 2.45. The van der Waals surface area contributed by atoms with Gasteiger partial charge in [-0.1, -0.05) is 0 Å². The first kappa shape index (κ1) is 6.99. The smallest absolute Gasteiger partial charge is 0.0789 e. The molecule has 1 saturated heterocycles. The van der Waals surface area contributed by atoms with Gasteiger partial charge in [-0.3, -0.25) is 0 Å². The number of β-amino-alcohol motifs (C(OH)–C–C–N with tert-alkyl or cyclic N) is 1. The summed E-state index contributed by atoms with van der Waals surface area (Å²) in [6.07, 6.45) is 0.961. The Morgan fingerprint density at radius 2 is 2.22 bits per heavy atom. The van der Waals surface area contributed by atoms with Gasteiger partial charge in [0.05, 0.1) is 6.10 Å². The summed E-state index contributed by atoms with van der Waals surface area (Å²) in [5.41, 5.74) is 5.22. The normalized spacial score (nSPS) is 23.3. The van der Waals surface area contributed by atoms with Crippen LogP contribution in [0.4, 0.5) is 0 Å². The van der Waals surface area contributed by atoms with Crippen LogP contribution in [0.3, 0.4) is 0 Å². The summed E-state index contributed by atoms with van der Waals surface area (Å²) >= 11 is 0. The van der Waals surface area contributed by atoms with Crippen molar-refractivity contribution in [2.24, 2.45) is 5.73 Å². The van der Waals surface area contributed by atoms with Crippen molar-refractivity contribution < 1.29 is 5.11 Å². The highest BCUT2D eigenvalue weighted by atomic mass is 16.3. The van der Waals surface area contributed by atoms with Crippen molar-refractivity contribution in [3.8, 4) is 0 Å². The maximum atomic E-state index is 9.03. The van der Waals surface area contributed by atoms with E-state index in [1.165, 1.54) is 6.42 Å². The fourth-order valence-electron chi connectivity index (χ4n) is 0.937. The Morgan fingerprint density at radius 1 is 1.56 bits per heavy atom. The predicted molar refractivity (Wildman–Crippen MR) is 36.1 cm³/mol. The van der Waals surface area contributed by atoms with Crippen LogP contribution in [0.15, 0.2) is 0 Å². The Balaban J connectivity index is 2.01. The molecule has 0 aromatic carbocycles. The van der Waals surface area contributed by atoms with Crippen LogP contribution in [0, 0.1) is 0 Å². The van der Waals surface area contributed by atoms with Gasteiger partial charge in [-0.2, -0.15) is 0 Å². The van der Waals surface area contributed by atoms with Crippen molar-refractivity contribution in [3.63, 3.8) is 0 Å². The fraction of sp³-hybridized carbons (Fsp3) is 1.00. The third-order valence-electron chi connectivity index (χ3n) is 1.69. The van der Waals surface area contributed by atoms with E-state index in [0.717, 1.165) is 19.6 Å². The number of nitrogens with zero attached hydrogens (tertiary/aromatic N) is 1. The summed E-state index contributed by atoms with van der Waals surface area (Å²) in [4.78, 5) is 2.21. The Morgan fingerprint density at radius 3 is 2.56 bits per heavy atom. The van der Waals surface area contributed by atoms with Crippen molar-refractivity contribution in [2.45, 2.75) is 12.5 Å². The summed E-state index contributed by atoms with van der Waals surface area (Å²) in [6.45, 7) is 3.42. The van der Waals surface area contributed by atoms with E-state index in [-0.39, 0.29) is 6.10 Å². The number of rotatable bonds is 3. The minimum atomic E-state index is -0.315. The van der Waals surface area contributed by atoms with Gasteiger partial charge in [0.15, 0.2) is 0 Å². The largest absolute Gasteiger partial charge is 0.390 e. The SMILES string of the molecule is NCC(O)CN1CCC1. The third kappa shape index (κ3) is 1.93. The topological polar surface area (TPSA) is 49.5 Å². The van der Waals surface area contributed by atoms with E-state index in [2.05, 4.69) is 4.90 Å². The second-order valence-electron chi connectivity index (χ2n) is 2.54. The van der Waals surface area contributed by atoms with Crippen LogP contribution >= 0.6 is 0 Å². The quantitative estimate of drug-likeness (QED) is 0.516. The lowest BCUT2D eigenvalue weighted by molar-refractivity contribution is 0.0838. The van der Waals surface area contributed by atoms with E-state index in [1.807, 2.05) is 0 Å². The first-order valence-electron chi connectivity index (χ1n) is 3.43. The van der Waals surface area contributed by atoms with Gasteiger partial charge in [-0.15, -0.1) is 0 Å². The minimum Gasteiger partial charge on any atom is -0.390 e. The van der Waals surface area contributed by atoms with Gasteiger partial charge in [0, 0.05) is 13.1 Å². The number of aliphatic hydroxyl groups excluding tert-OH is 1. The molecule has 3 heteroatoms.